The molecule has 0 aliphatic rings. The van der Waals surface area contributed by atoms with Crippen LogP contribution in [0.25, 0.3) is 0 Å². The van der Waals surface area contributed by atoms with Crippen LogP contribution in [0.15, 0.2) is 42.7 Å². The van der Waals surface area contributed by atoms with Crippen molar-refractivity contribution in [1.29, 1.82) is 5.26 Å². The molecule has 0 saturated carbocycles. The number of hydrogen-bond acceptors (Lipinski definition) is 4. The van der Waals surface area contributed by atoms with Crippen LogP contribution in [0.5, 0.6) is 0 Å². The lowest BCUT2D eigenvalue weighted by molar-refractivity contribution is 0.0919. The van der Waals surface area contributed by atoms with E-state index in [4.69, 9.17) is 5.26 Å². The minimum atomic E-state index is -0.377. The molecule has 6 heteroatoms. The highest BCUT2D eigenvalue weighted by atomic mass is 16.2. The molecule has 0 spiro atoms. The van der Waals surface area contributed by atoms with Crippen molar-refractivity contribution in [1.82, 2.24) is 10.3 Å². The molecule has 6 nitrogen and oxygen atoms in total. The summed E-state index contributed by atoms with van der Waals surface area (Å²) in [5.74, 6) is -0.666. The molecule has 0 aliphatic heterocycles. The minimum Gasteiger partial charge on any atom is -0.347 e. The van der Waals surface area contributed by atoms with Crippen molar-refractivity contribution in [2.45, 2.75) is 26.3 Å². The van der Waals surface area contributed by atoms with Crippen LogP contribution in [0.3, 0.4) is 0 Å². The minimum absolute atomic E-state index is 0.279. The number of nitriles is 1. The molecular formula is C18H18N4O2. The lowest BCUT2D eigenvalue weighted by Crippen LogP contribution is -2.40. The van der Waals surface area contributed by atoms with Gasteiger partial charge in [-0.3, -0.25) is 14.6 Å². The highest BCUT2D eigenvalue weighted by Gasteiger charge is 2.17. The molecule has 0 saturated heterocycles. The second kappa shape index (κ2) is 6.92. The molecule has 24 heavy (non-hydrogen) atoms. The Hall–Kier alpha value is -3.20. The van der Waals surface area contributed by atoms with Gasteiger partial charge in [-0.15, -0.1) is 0 Å². The fourth-order valence-corrected chi connectivity index (χ4v) is 1.93. The second-order valence-corrected chi connectivity index (χ2v) is 6.31. The summed E-state index contributed by atoms with van der Waals surface area (Å²) in [4.78, 5) is 28.4. The Kier molecular flexibility index (Phi) is 4.95. The van der Waals surface area contributed by atoms with Crippen molar-refractivity contribution >= 4 is 17.5 Å². The molecule has 1 heterocycles. The first-order chi connectivity index (χ1) is 11.3. The van der Waals surface area contributed by atoms with Gasteiger partial charge in [-0.05, 0) is 51.1 Å². The Morgan fingerprint density at radius 3 is 2.17 bits per heavy atom. The first kappa shape index (κ1) is 17.2. The first-order valence-corrected chi connectivity index (χ1v) is 7.37. The third-order valence-electron chi connectivity index (χ3n) is 3.02. The second-order valence-electron chi connectivity index (χ2n) is 6.31. The van der Waals surface area contributed by atoms with Gasteiger partial charge in [0, 0.05) is 23.6 Å². The van der Waals surface area contributed by atoms with E-state index < -0.39 is 0 Å². The number of amides is 2. The van der Waals surface area contributed by atoms with Crippen LogP contribution in [-0.4, -0.2) is 22.3 Å². The van der Waals surface area contributed by atoms with Crippen LogP contribution in [0.1, 0.15) is 47.1 Å². The van der Waals surface area contributed by atoms with E-state index in [9.17, 15) is 9.59 Å². The molecule has 0 atom stereocenters. The Morgan fingerprint density at radius 2 is 1.62 bits per heavy atom. The zero-order valence-corrected chi connectivity index (χ0v) is 13.8. The van der Waals surface area contributed by atoms with Gasteiger partial charge in [0.25, 0.3) is 11.8 Å². The summed E-state index contributed by atoms with van der Waals surface area (Å²) in [7, 11) is 0. The maximum absolute atomic E-state index is 12.3. The molecule has 2 amide bonds. The largest absolute Gasteiger partial charge is 0.347 e. The average Bonchev–Trinajstić information content (AvgIpc) is 2.54. The van der Waals surface area contributed by atoms with Crippen LogP contribution in [0, 0.1) is 11.3 Å². The third-order valence-corrected chi connectivity index (χ3v) is 3.02. The quantitative estimate of drug-likeness (QED) is 0.908. The molecule has 0 unspecified atom stereocenters. The van der Waals surface area contributed by atoms with Gasteiger partial charge in [-0.25, -0.2) is 0 Å². The molecule has 2 aromatic rings. The summed E-state index contributed by atoms with van der Waals surface area (Å²) in [6.07, 6.45) is 2.81. The van der Waals surface area contributed by atoms with Crippen molar-refractivity contribution < 1.29 is 9.59 Å². The highest BCUT2D eigenvalue weighted by Crippen LogP contribution is 2.12. The predicted octanol–water partition coefficient (Wildman–Crippen LogP) is 2.73. The molecular weight excluding hydrogens is 304 g/mol. The number of benzene rings is 1. The van der Waals surface area contributed by atoms with Crippen LogP contribution >= 0.6 is 0 Å². The summed E-state index contributed by atoms with van der Waals surface area (Å²) in [5, 5.41) is 14.3. The molecule has 122 valence electrons. The normalized spacial score (nSPS) is 10.6. The van der Waals surface area contributed by atoms with Crippen molar-refractivity contribution in [2.75, 3.05) is 5.32 Å². The maximum Gasteiger partial charge on any atom is 0.257 e. The van der Waals surface area contributed by atoms with Crippen LogP contribution in [0.4, 0.5) is 5.69 Å². The van der Waals surface area contributed by atoms with Crippen molar-refractivity contribution in [3.63, 3.8) is 0 Å². The van der Waals surface area contributed by atoms with E-state index in [1.807, 2.05) is 26.8 Å². The monoisotopic (exact) mass is 322 g/mol. The molecule has 1 aromatic carbocycles. The summed E-state index contributed by atoms with van der Waals surface area (Å²) >= 11 is 0. The molecule has 0 fully saturated rings. The summed E-state index contributed by atoms with van der Waals surface area (Å²) in [5.41, 5.74) is 1.29. The van der Waals surface area contributed by atoms with Gasteiger partial charge in [0.2, 0.25) is 0 Å². The highest BCUT2D eigenvalue weighted by molar-refractivity contribution is 6.05. The van der Waals surface area contributed by atoms with E-state index in [0.717, 1.165) is 0 Å². The van der Waals surface area contributed by atoms with Crippen LogP contribution in [0.2, 0.25) is 0 Å². The summed E-state index contributed by atoms with van der Waals surface area (Å²) in [6.45, 7) is 5.62. The van der Waals surface area contributed by atoms with E-state index >= 15 is 0 Å². The van der Waals surface area contributed by atoms with Crippen LogP contribution < -0.4 is 10.6 Å². The predicted molar refractivity (Wildman–Crippen MR) is 90.6 cm³/mol. The number of anilines is 1. The smallest absolute Gasteiger partial charge is 0.257 e. The Balaban J connectivity index is 2.13. The zero-order valence-electron chi connectivity index (χ0n) is 13.8. The number of pyridine rings is 1. The zero-order chi connectivity index (χ0) is 17.7. The lowest BCUT2D eigenvalue weighted by Gasteiger charge is -2.20. The number of aromatic nitrogens is 1. The topological polar surface area (TPSA) is 94.9 Å². The van der Waals surface area contributed by atoms with E-state index in [1.165, 1.54) is 18.5 Å². The van der Waals surface area contributed by atoms with E-state index in [2.05, 4.69) is 15.6 Å². The van der Waals surface area contributed by atoms with Gasteiger partial charge in [0.15, 0.2) is 0 Å². The molecule has 0 aliphatic carbocycles. The average molecular weight is 322 g/mol. The number of nitrogens with zero attached hydrogens (tertiary/aromatic N) is 2. The first-order valence-electron chi connectivity index (χ1n) is 7.37. The van der Waals surface area contributed by atoms with Crippen molar-refractivity contribution in [3.8, 4) is 6.07 Å². The lowest BCUT2D eigenvalue weighted by atomic mass is 10.1. The standard InChI is InChI=1S/C18H18N4O2/c1-18(2,3)22-17(24)14-8-13(10-20-11-14)16(23)21-15-6-4-12(9-19)5-7-15/h4-8,10-11H,1-3H3,(H,21,23)(H,22,24). The number of hydrogen-bond donors (Lipinski definition) is 2. The van der Waals surface area contributed by atoms with Crippen molar-refractivity contribution in [3.05, 3.63) is 59.4 Å². The maximum atomic E-state index is 12.3. The van der Waals surface area contributed by atoms with Gasteiger partial charge in [0.05, 0.1) is 22.8 Å². The van der Waals surface area contributed by atoms with Gasteiger partial charge >= 0.3 is 0 Å². The molecule has 2 N–H and O–H groups in total. The van der Waals surface area contributed by atoms with Crippen LogP contribution in [-0.2, 0) is 0 Å². The number of nitrogens with one attached hydrogen (secondary N) is 2. The van der Waals surface area contributed by atoms with Gasteiger partial charge in [-0.1, -0.05) is 0 Å². The van der Waals surface area contributed by atoms with Gasteiger partial charge in [-0.2, -0.15) is 5.26 Å². The summed E-state index contributed by atoms with van der Waals surface area (Å²) < 4.78 is 0. The number of rotatable bonds is 3. The van der Waals surface area contributed by atoms with E-state index in [1.54, 1.807) is 24.3 Å². The Morgan fingerprint density at radius 1 is 1.04 bits per heavy atom. The van der Waals surface area contributed by atoms with Gasteiger partial charge < -0.3 is 10.6 Å². The van der Waals surface area contributed by atoms with E-state index in [-0.39, 0.29) is 22.9 Å². The number of carbonyl (C=O) groups is 2. The molecule has 0 radical (unpaired) electrons. The Labute approximate surface area is 140 Å². The summed E-state index contributed by atoms with van der Waals surface area (Å²) in [6, 6.07) is 10.0. The fraction of sp³-hybridized carbons (Fsp3) is 0.222. The fourth-order valence-electron chi connectivity index (χ4n) is 1.93. The third kappa shape index (κ3) is 4.65. The Bertz CT molecular complexity index is 799. The SMILES string of the molecule is CC(C)(C)NC(=O)c1cncc(C(=O)Nc2ccc(C#N)cc2)c1. The van der Waals surface area contributed by atoms with Crippen molar-refractivity contribution in [2.24, 2.45) is 0 Å². The van der Waals surface area contributed by atoms with Gasteiger partial charge in [0.1, 0.15) is 0 Å². The molecule has 1 aromatic heterocycles. The number of carbonyl (C=O) groups excluding carboxylic acids is 2. The molecule has 0 bridgehead atoms. The van der Waals surface area contributed by atoms with E-state index in [0.29, 0.717) is 16.8 Å². The molecule has 2 rings (SSSR count).